The summed E-state index contributed by atoms with van der Waals surface area (Å²) in [6, 6.07) is 15.5. The van der Waals surface area contributed by atoms with Crippen LogP contribution in [0.3, 0.4) is 0 Å². The van der Waals surface area contributed by atoms with Crippen LogP contribution in [0.15, 0.2) is 54.6 Å². The van der Waals surface area contributed by atoms with Crippen molar-refractivity contribution in [1.29, 1.82) is 0 Å². The molecule has 3 rings (SSSR count). The fourth-order valence-electron chi connectivity index (χ4n) is 2.98. The summed E-state index contributed by atoms with van der Waals surface area (Å²) in [5.41, 5.74) is 1.50. The molecule has 2 N–H and O–H groups in total. The molecule has 5 heteroatoms. The van der Waals surface area contributed by atoms with Gasteiger partial charge in [-0.25, -0.2) is 4.39 Å². The number of aliphatic hydroxyl groups excluding tert-OH is 1. The maximum Gasteiger partial charge on any atom is 0.256 e. The van der Waals surface area contributed by atoms with E-state index in [0.717, 1.165) is 18.5 Å². The van der Waals surface area contributed by atoms with Crippen molar-refractivity contribution in [2.75, 3.05) is 18.4 Å². The largest absolute Gasteiger partial charge is 0.382 e. The molecular weight excluding hydrogens is 307 g/mol. The lowest BCUT2D eigenvalue weighted by Crippen LogP contribution is -2.44. The Bertz CT molecular complexity index is 668. The van der Waals surface area contributed by atoms with E-state index in [1.54, 1.807) is 29.2 Å². The number of amides is 1. The molecule has 0 radical (unpaired) electrons. The second kappa shape index (κ2) is 7.45. The van der Waals surface area contributed by atoms with Crippen LogP contribution in [0.2, 0.25) is 0 Å². The van der Waals surface area contributed by atoms with Crippen LogP contribution in [0.5, 0.6) is 0 Å². The van der Waals surface area contributed by atoms with Crippen LogP contribution in [0, 0.1) is 5.82 Å². The van der Waals surface area contributed by atoms with Crippen LogP contribution < -0.4 is 5.32 Å². The quantitative estimate of drug-likeness (QED) is 0.907. The summed E-state index contributed by atoms with van der Waals surface area (Å²) in [7, 11) is 0. The molecule has 126 valence electrons. The van der Waals surface area contributed by atoms with Crippen LogP contribution in [-0.2, 0) is 4.79 Å². The molecule has 1 atom stereocenters. The van der Waals surface area contributed by atoms with Gasteiger partial charge in [-0.3, -0.25) is 4.79 Å². The Kier molecular flexibility index (Phi) is 5.11. The lowest BCUT2D eigenvalue weighted by Gasteiger charge is -2.34. The highest BCUT2D eigenvalue weighted by molar-refractivity contribution is 5.82. The van der Waals surface area contributed by atoms with Crippen LogP contribution >= 0.6 is 0 Å². The third-order valence-electron chi connectivity index (χ3n) is 4.37. The van der Waals surface area contributed by atoms with E-state index in [2.05, 4.69) is 5.32 Å². The number of rotatable bonds is 4. The molecular formula is C19H21FN2O2. The van der Waals surface area contributed by atoms with Crippen molar-refractivity contribution in [2.24, 2.45) is 0 Å². The Labute approximate surface area is 140 Å². The Morgan fingerprint density at radius 3 is 2.33 bits per heavy atom. The molecule has 1 aliphatic rings. The molecule has 2 aromatic carbocycles. The average molecular weight is 328 g/mol. The van der Waals surface area contributed by atoms with Gasteiger partial charge in [0.05, 0.1) is 0 Å². The van der Waals surface area contributed by atoms with Crippen molar-refractivity contribution >= 4 is 11.6 Å². The zero-order chi connectivity index (χ0) is 16.9. The van der Waals surface area contributed by atoms with Crippen LogP contribution in [-0.4, -0.2) is 35.0 Å². The van der Waals surface area contributed by atoms with E-state index in [-0.39, 0.29) is 17.8 Å². The minimum absolute atomic E-state index is 0.244. The SMILES string of the molecule is O=C(C(O)c1ccccc1)N1CCC(Nc2ccc(F)cc2)CC1. The van der Waals surface area contributed by atoms with Crippen molar-refractivity contribution in [1.82, 2.24) is 4.90 Å². The summed E-state index contributed by atoms with van der Waals surface area (Å²) in [6.07, 6.45) is 0.489. The molecule has 24 heavy (non-hydrogen) atoms. The van der Waals surface area contributed by atoms with E-state index < -0.39 is 6.10 Å². The standard InChI is InChI=1S/C19H21FN2O2/c20-15-6-8-16(9-7-15)21-17-10-12-22(13-11-17)19(24)18(23)14-4-2-1-3-5-14/h1-9,17-18,21,23H,10-13H2. The van der Waals surface area contributed by atoms with E-state index in [1.807, 2.05) is 18.2 Å². The van der Waals surface area contributed by atoms with E-state index in [1.165, 1.54) is 12.1 Å². The average Bonchev–Trinajstić information content (AvgIpc) is 2.64. The normalized spacial score (nSPS) is 16.7. The number of nitrogens with zero attached hydrogens (tertiary/aromatic N) is 1. The molecule has 0 aliphatic carbocycles. The van der Waals surface area contributed by atoms with Crippen molar-refractivity contribution in [3.05, 3.63) is 66.0 Å². The highest BCUT2D eigenvalue weighted by Crippen LogP contribution is 2.21. The summed E-state index contributed by atoms with van der Waals surface area (Å²) < 4.78 is 12.9. The zero-order valence-corrected chi connectivity index (χ0v) is 13.4. The molecule has 0 aromatic heterocycles. The fourth-order valence-corrected chi connectivity index (χ4v) is 2.98. The summed E-state index contributed by atoms with van der Waals surface area (Å²) >= 11 is 0. The summed E-state index contributed by atoms with van der Waals surface area (Å²) in [6.45, 7) is 1.20. The predicted octanol–water partition coefficient (Wildman–Crippen LogP) is 2.96. The Morgan fingerprint density at radius 2 is 1.71 bits per heavy atom. The smallest absolute Gasteiger partial charge is 0.256 e. The Balaban J connectivity index is 1.53. The third kappa shape index (κ3) is 3.92. The van der Waals surface area contributed by atoms with E-state index in [4.69, 9.17) is 0 Å². The number of piperidine rings is 1. The predicted molar refractivity (Wildman–Crippen MR) is 91.0 cm³/mol. The third-order valence-corrected chi connectivity index (χ3v) is 4.37. The molecule has 0 saturated carbocycles. The van der Waals surface area contributed by atoms with Crippen molar-refractivity contribution in [3.63, 3.8) is 0 Å². The number of benzene rings is 2. The van der Waals surface area contributed by atoms with Crippen LogP contribution in [0.1, 0.15) is 24.5 Å². The molecule has 1 amide bonds. The van der Waals surface area contributed by atoms with Crippen molar-refractivity contribution in [2.45, 2.75) is 25.0 Å². The van der Waals surface area contributed by atoms with Gasteiger partial charge in [-0.15, -0.1) is 0 Å². The molecule has 0 spiro atoms. The lowest BCUT2D eigenvalue weighted by atomic mass is 10.0. The number of hydrogen-bond acceptors (Lipinski definition) is 3. The molecule has 1 saturated heterocycles. The molecule has 4 nitrogen and oxygen atoms in total. The molecule has 0 bridgehead atoms. The second-order valence-electron chi connectivity index (χ2n) is 6.06. The number of nitrogens with one attached hydrogen (secondary N) is 1. The maximum absolute atomic E-state index is 12.9. The van der Waals surface area contributed by atoms with Crippen LogP contribution in [0.4, 0.5) is 10.1 Å². The van der Waals surface area contributed by atoms with Gasteiger partial charge in [0, 0.05) is 24.8 Å². The van der Waals surface area contributed by atoms with Gasteiger partial charge in [0.25, 0.3) is 5.91 Å². The first-order chi connectivity index (χ1) is 11.6. The Hall–Kier alpha value is -2.40. The van der Waals surface area contributed by atoms with Gasteiger partial charge in [0.15, 0.2) is 6.10 Å². The molecule has 1 fully saturated rings. The number of hydrogen-bond donors (Lipinski definition) is 2. The molecule has 1 heterocycles. The van der Waals surface area contributed by atoms with Gasteiger partial charge in [-0.1, -0.05) is 30.3 Å². The first kappa shape index (κ1) is 16.5. The number of halogens is 1. The summed E-state index contributed by atoms with van der Waals surface area (Å²) in [5, 5.41) is 13.6. The van der Waals surface area contributed by atoms with E-state index in [9.17, 15) is 14.3 Å². The number of aliphatic hydroxyl groups is 1. The van der Waals surface area contributed by atoms with Crippen molar-refractivity contribution < 1.29 is 14.3 Å². The number of carbonyl (C=O) groups excluding carboxylic acids is 1. The molecule has 2 aromatic rings. The first-order valence-electron chi connectivity index (χ1n) is 8.17. The van der Waals surface area contributed by atoms with Gasteiger partial charge in [-0.05, 0) is 42.7 Å². The maximum atomic E-state index is 12.9. The highest BCUT2D eigenvalue weighted by atomic mass is 19.1. The molecule has 1 unspecified atom stereocenters. The molecule has 1 aliphatic heterocycles. The van der Waals surface area contributed by atoms with E-state index in [0.29, 0.717) is 18.7 Å². The topological polar surface area (TPSA) is 52.6 Å². The first-order valence-corrected chi connectivity index (χ1v) is 8.17. The van der Waals surface area contributed by atoms with Gasteiger partial charge < -0.3 is 15.3 Å². The van der Waals surface area contributed by atoms with E-state index >= 15 is 0 Å². The number of likely N-dealkylation sites (tertiary alicyclic amines) is 1. The fraction of sp³-hybridized carbons (Fsp3) is 0.316. The Morgan fingerprint density at radius 1 is 1.08 bits per heavy atom. The minimum Gasteiger partial charge on any atom is -0.382 e. The summed E-state index contributed by atoms with van der Waals surface area (Å²) in [4.78, 5) is 14.1. The highest BCUT2D eigenvalue weighted by Gasteiger charge is 2.27. The van der Waals surface area contributed by atoms with Gasteiger partial charge in [-0.2, -0.15) is 0 Å². The monoisotopic (exact) mass is 328 g/mol. The zero-order valence-electron chi connectivity index (χ0n) is 13.4. The van der Waals surface area contributed by atoms with Crippen molar-refractivity contribution in [3.8, 4) is 0 Å². The number of carbonyl (C=O) groups is 1. The summed E-state index contributed by atoms with van der Waals surface area (Å²) in [5.74, 6) is -0.503. The van der Waals surface area contributed by atoms with Crippen LogP contribution in [0.25, 0.3) is 0 Å². The van der Waals surface area contributed by atoms with Gasteiger partial charge in [0.2, 0.25) is 0 Å². The van der Waals surface area contributed by atoms with Gasteiger partial charge >= 0.3 is 0 Å². The lowest BCUT2D eigenvalue weighted by molar-refractivity contribution is -0.141. The minimum atomic E-state index is -1.10. The number of anilines is 1. The second-order valence-corrected chi connectivity index (χ2v) is 6.06. The van der Waals surface area contributed by atoms with Gasteiger partial charge in [0.1, 0.15) is 5.82 Å².